The fourth-order valence-electron chi connectivity index (χ4n) is 2.75. The van der Waals surface area contributed by atoms with E-state index < -0.39 is 5.60 Å². The van der Waals surface area contributed by atoms with Crippen molar-refractivity contribution >= 4 is 28.4 Å². The first-order chi connectivity index (χ1) is 12.5. The van der Waals surface area contributed by atoms with Crippen molar-refractivity contribution in [3.8, 4) is 17.1 Å². The van der Waals surface area contributed by atoms with Crippen LogP contribution in [0.25, 0.3) is 22.2 Å². The molecule has 0 atom stereocenters. The highest BCUT2D eigenvalue weighted by Gasteiger charge is 2.47. The molecule has 1 aromatic carbocycles. The number of fused-ring (bicyclic) bond motifs is 1. The van der Waals surface area contributed by atoms with Crippen molar-refractivity contribution in [2.24, 2.45) is 0 Å². The van der Waals surface area contributed by atoms with E-state index >= 15 is 0 Å². The quantitative estimate of drug-likeness (QED) is 0.638. The van der Waals surface area contributed by atoms with Crippen LogP contribution in [0, 0.1) is 0 Å². The number of aliphatic hydroxyl groups is 1. The summed E-state index contributed by atoms with van der Waals surface area (Å²) in [6, 6.07) is 5.66. The summed E-state index contributed by atoms with van der Waals surface area (Å²) in [5.74, 6) is 0.101. The third kappa shape index (κ3) is 3.11. The van der Waals surface area contributed by atoms with Gasteiger partial charge in [-0.05, 0) is 31.0 Å². The predicted molar refractivity (Wildman–Crippen MR) is 96.9 cm³/mol. The summed E-state index contributed by atoms with van der Waals surface area (Å²) in [6.07, 6.45) is 4.18. The molecule has 2 aromatic heterocycles. The van der Waals surface area contributed by atoms with Crippen LogP contribution in [0.15, 0.2) is 30.6 Å². The number of carbonyl (C=O) groups is 1. The van der Waals surface area contributed by atoms with Gasteiger partial charge in [0.1, 0.15) is 5.60 Å². The molecule has 26 heavy (non-hydrogen) atoms. The van der Waals surface area contributed by atoms with E-state index in [-0.39, 0.29) is 5.91 Å². The second-order valence-corrected chi connectivity index (χ2v) is 6.78. The topological polar surface area (TPSA) is 100 Å². The Morgan fingerprint density at radius 1 is 1.35 bits per heavy atom. The largest absolute Gasteiger partial charge is 0.480 e. The van der Waals surface area contributed by atoms with Gasteiger partial charge in [0.15, 0.2) is 0 Å². The molecule has 1 aliphatic carbocycles. The molecule has 1 fully saturated rings. The molecule has 3 N–H and O–H groups in total. The lowest BCUT2D eigenvalue weighted by Gasteiger charge is -2.07. The summed E-state index contributed by atoms with van der Waals surface area (Å²) in [5, 5.41) is 14.0. The second kappa shape index (κ2) is 6.26. The van der Waals surface area contributed by atoms with E-state index in [1.54, 1.807) is 6.20 Å². The number of hydrogen-bond donors (Lipinski definition) is 3. The lowest BCUT2D eigenvalue weighted by Crippen LogP contribution is -2.35. The first-order valence-electron chi connectivity index (χ1n) is 8.17. The summed E-state index contributed by atoms with van der Waals surface area (Å²) >= 11 is 6.40. The van der Waals surface area contributed by atoms with E-state index in [4.69, 9.17) is 16.3 Å². The Morgan fingerprint density at radius 3 is 2.81 bits per heavy atom. The number of hydrogen-bond acceptors (Lipinski definition) is 5. The minimum absolute atomic E-state index is 0.311. The summed E-state index contributed by atoms with van der Waals surface area (Å²) < 4.78 is 5.02. The number of H-pyrrole nitrogens is 1. The maximum atomic E-state index is 11.8. The monoisotopic (exact) mass is 372 g/mol. The number of nitrogens with one attached hydrogen (secondary N) is 2. The lowest BCUT2D eigenvalue weighted by molar-refractivity contribution is -0.131. The molecule has 0 aliphatic heterocycles. The second-order valence-electron chi connectivity index (χ2n) is 6.37. The van der Waals surface area contributed by atoms with Crippen LogP contribution in [-0.4, -0.2) is 38.7 Å². The molecule has 0 unspecified atom stereocenters. The Labute approximate surface area is 154 Å². The normalized spacial score (nSPS) is 15.0. The number of benzene rings is 1. The maximum Gasteiger partial charge on any atom is 0.252 e. The lowest BCUT2D eigenvalue weighted by atomic mass is 10.1. The van der Waals surface area contributed by atoms with Crippen molar-refractivity contribution in [1.82, 2.24) is 20.3 Å². The zero-order chi connectivity index (χ0) is 18.3. The number of nitrogens with zero attached hydrogens (tertiary/aromatic N) is 2. The standard InChI is InChI=1S/C18H17ClN4O3/c1-26-16-9-20-15(8-21-16)12-6-14-10(5-13(12)19)4-11(23-14)7-22-17(24)18(25)2-3-18/h4-6,8-9,23,25H,2-3,7H2,1H3,(H,22,24). The van der Waals surface area contributed by atoms with E-state index in [1.807, 2.05) is 18.2 Å². The summed E-state index contributed by atoms with van der Waals surface area (Å²) in [4.78, 5) is 23.6. The van der Waals surface area contributed by atoms with Gasteiger partial charge in [0.25, 0.3) is 5.91 Å². The van der Waals surface area contributed by atoms with E-state index in [9.17, 15) is 9.90 Å². The molecule has 7 nitrogen and oxygen atoms in total. The van der Waals surface area contributed by atoms with Crippen LogP contribution in [0.3, 0.4) is 0 Å². The van der Waals surface area contributed by atoms with Crippen LogP contribution in [0.1, 0.15) is 18.5 Å². The SMILES string of the molecule is COc1cnc(-c2cc3[nH]c(CNC(=O)C4(O)CC4)cc3cc2Cl)cn1. The van der Waals surface area contributed by atoms with Crippen molar-refractivity contribution in [3.05, 3.63) is 41.3 Å². The van der Waals surface area contributed by atoms with Crippen molar-refractivity contribution < 1.29 is 14.6 Å². The van der Waals surface area contributed by atoms with Crippen LogP contribution in [0.4, 0.5) is 0 Å². The Kier molecular flexibility index (Phi) is 4.05. The molecule has 134 valence electrons. The molecule has 0 spiro atoms. The zero-order valence-electron chi connectivity index (χ0n) is 14.0. The van der Waals surface area contributed by atoms with Crippen LogP contribution < -0.4 is 10.1 Å². The minimum atomic E-state index is -1.17. The van der Waals surface area contributed by atoms with E-state index in [2.05, 4.69) is 20.3 Å². The van der Waals surface area contributed by atoms with E-state index in [0.717, 1.165) is 22.2 Å². The van der Waals surface area contributed by atoms with Crippen LogP contribution in [0.5, 0.6) is 5.88 Å². The highest BCUT2D eigenvalue weighted by atomic mass is 35.5. The zero-order valence-corrected chi connectivity index (χ0v) is 14.8. The van der Waals surface area contributed by atoms with Crippen LogP contribution in [-0.2, 0) is 11.3 Å². The van der Waals surface area contributed by atoms with Gasteiger partial charge in [-0.3, -0.25) is 4.79 Å². The van der Waals surface area contributed by atoms with Crippen molar-refractivity contribution in [1.29, 1.82) is 0 Å². The minimum Gasteiger partial charge on any atom is -0.480 e. The van der Waals surface area contributed by atoms with E-state index in [1.165, 1.54) is 13.3 Å². The fourth-order valence-corrected chi connectivity index (χ4v) is 3.02. The molecule has 1 saturated carbocycles. The van der Waals surface area contributed by atoms with Crippen molar-refractivity contribution in [3.63, 3.8) is 0 Å². The van der Waals surface area contributed by atoms with Gasteiger partial charge in [-0.2, -0.15) is 0 Å². The Hall–Kier alpha value is -2.64. The molecule has 1 amide bonds. The molecule has 2 heterocycles. The van der Waals surface area contributed by atoms with Gasteiger partial charge in [0.2, 0.25) is 5.88 Å². The number of halogens is 1. The summed E-state index contributed by atoms with van der Waals surface area (Å²) in [7, 11) is 1.53. The molecule has 1 aliphatic rings. The third-order valence-electron chi connectivity index (χ3n) is 4.46. The molecule has 0 radical (unpaired) electrons. The molecular formula is C18H17ClN4O3. The van der Waals surface area contributed by atoms with Gasteiger partial charge in [-0.15, -0.1) is 0 Å². The van der Waals surface area contributed by atoms with Crippen LogP contribution >= 0.6 is 11.6 Å². The maximum absolute atomic E-state index is 11.8. The average Bonchev–Trinajstić information content (AvgIpc) is 3.28. The number of rotatable bonds is 5. The third-order valence-corrected chi connectivity index (χ3v) is 4.78. The molecular weight excluding hydrogens is 356 g/mol. The van der Waals surface area contributed by atoms with Gasteiger partial charge in [0, 0.05) is 22.2 Å². The number of ether oxygens (including phenoxy) is 1. The van der Waals surface area contributed by atoms with Crippen molar-refractivity contribution in [2.45, 2.75) is 25.0 Å². The molecule has 0 bridgehead atoms. The Balaban J connectivity index is 1.58. The Morgan fingerprint density at radius 2 is 2.15 bits per heavy atom. The Bertz CT molecular complexity index is 980. The highest BCUT2D eigenvalue weighted by Crippen LogP contribution is 2.35. The molecule has 3 aromatic rings. The van der Waals surface area contributed by atoms with Gasteiger partial charge >= 0.3 is 0 Å². The number of aromatic amines is 1. The van der Waals surface area contributed by atoms with Gasteiger partial charge in [-0.25, -0.2) is 9.97 Å². The number of amides is 1. The number of aromatic nitrogens is 3. The van der Waals surface area contributed by atoms with Gasteiger partial charge in [0.05, 0.1) is 36.8 Å². The molecule has 8 heteroatoms. The summed E-state index contributed by atoms with van der Waals surface area (Å²) in [6.45, 7) is 0.311. The van der Waals surface area contributed by atoms with Crippen molar-refractivity contribution in [2.75, 3.05) is 7.11 Å². The number of carbonyl (C=O) groups excluding carboxylic acids is 1. The van der Waals surface area contributed by atoms with Gasteiger partial charge < -0.3 is 20.1 Å². The first-order valence-corrected chi connectivity index (χ1v) is 8.54. The van der Waals surface area contributed by atoms with Gasteiger partial charge in [-0.1, -0.05) is 11.6 Å². The molecule has 0 saturated heterocycles. The van der Waals surface area contributed by atoms with Crippen LogP contribution in [0.2, 0.25) is 5.02 Å². The number of methoxy groups -OCH3 is 1. The smallest absolute Gasteiger partial charge is 0.252 e. The average molecular weight is 373 g/mol. The van der Waals surface area contributed by atoms with E-state index in [0.29, 0.717) is 36.0 Å². The highest BCUT2D eigenvalue weighted by molar-refractivity contribution is 6.34. The fraction of sp³-hybridized carbons (Fsp3) is 0.278. The predicted octanol–water partition coefficient (Wildman–Crippen LogP) is 2.43. The first kappa shape index (κ1) is 16.8. The summed E-state index contributed by atoms with van der Waals surface area (Å²) in [5.41, 5.74) is 1.91. The molecule has 4 rings (SSSR count).